The van der Waals surface area contributed by atoms with Crippen LogP contribution in [0.15, 0.2) is 36.5 Å². The van der Waals surface area contributed by atoms with Crippen LogP contribution in [0.5, 0.6) is 0 Å². The molecule has 2 aromatic heterocycles. The van der Waals surface area contributed by atoms with E-state index in [2.05, 4.69) is 63.8 Å². The lowest BCUT2D eigenvalue weighted by Crippen LogP contribution is -2.42. The lowest BCUT2D eigenvalue weighted by molar-refractivity contribution is -0.139. The second-order valence-electron chi connectivity index (χ2n) is 13.2. The molecule has 0 radical (unpaired) electrons. The van der Waals surface area contributed by atoms with E-state index in [0.717, 1.165) is 48.5 Å². The lowest BCUT2D eigenvalue weighted by Gasteiger charge is -2.41. The molecule has 3 heterocycles. The number of hydrogen-bond acceptors (Lipinski definition) is 4. The first-order valence-corrected chi connectivity index (χ1v) is 13.9. The van der Waals surface area contributed by atoms with Gasteiger partial charge < -0.3 is 9.80 Å². The summed E-state index contributed by atoms with van der Waals surface area (Å²) in [4.78, 5) is 22.6. The topological polar surface area (TPSA) is 53.7 Å². The molecule has 0 bridgehead atoms. The zero-order valence-electron chi connectivity index (χ0n) is 23.7. The smallest absolute Gasteiger partial charge is 0.225 e. The summed E-state index contributed by atoms with van der Waals surface area (Å²) in [5, 5.41) is 4.75. The van der Waals surface area contributed by atoms with E-state index in [9.17, 15) is 4.79 Å². The summed E-state index contributed by atoms with van der Waals surface area (Å²) in [6, 6.07) is 10.9. The van der Waals surface area contributed by atoms with Crippen molar-refractivity contribution in [1.82, 2.24) is 19.5 Å². The van der Waals surface area contributed by atoms with Gasteiger partial charge in [-0.2, -0.15) is 5.10 Å². The van der Waals surface area contributed by atoms with Crippen molar-refractivity contribution >= 4 is 22.9 Å². The number of carbonyl (C=O) groups is 1. The number of aryl methyl sites for hydroxylation is 1. The molecule has 1 atom stereocenters. The van der Waals surface area contributed by atoms with Crippen molar-refractivity contribution in [2.45, 2.75) is 86.1 Å². The zero-order chi connectivity index (χ0) is 26.5. The summed E-state index contributed by atoms with van der Waals surface area (Å²) < 4.78 is 2.02. The molecule has 1 fully saturated rings. The molecule has 1 aliphatic carbocycles. The van der Waals surface area contributed by atoms with E-state index in [4.69, 9.17) is 10.1 Å². The SMILES string of the molecule is Cc1cc2ncc3c(n2n1)CC(C)(C)CN3c1ccc([C@H](N(C)C(=O)C2CCCCC2)C(C)(C)C)cc1. The van der Waals surface area contributed by atoms with E-state index >= 15 is 0 Å². The summed E-state index contributed by atoms with van der Waals surface area (Å²) in [5.74, 6) is 0.477. The predicted octanol–water partition coefficient (Wildman–Crippen LogP) is 6.88. The Kier molecular flexibility index (Phi) is 6.57. The fourth-order valence-electron chi connectivity index (χ4n) is 6.64. The van der Waals surface area contributed by atoms with Gasteiger partial charge in [-0.15, -0.1) is 0 Å². The van der Waals surface area contributed by atoms with Crippen LogP contribution in [-0.2, 0) is 11.2 Å². The molecule has 1 aliphatic heterocycles. The monoisotopic (exact) mass is 501 g/mol. The third-order valence-electron chi connectivity index (χ3n) is 8.24. The molecule has 6 heteroatoms. The van der Waals surface area contributed by atoms with Crippen LogP contribution in [-0.4, -0.2) is 39.0 Å². The average molecular weight is 502 g/mol. The maximum absolute atomic E-state index is 13.5. The third-order valence-corrected chi connectivity index (χ3v) is 8.24. The van der Waals surface area contributed by atoms with Crippen molar-refractivity contribution in [2.75, 3.05) is 18.5 Å². The van der Waals surface area contributed by atoms with Gasteiger partial charge in [0.1, 0.15) is 0 Å². The van der Waals surface area contributed by atoms with Gasteiger partial charge in [0.25, 0.3) is 0 Å². The van der Waals surface area contributed by atoms with Crippen LogP contribution < -0.4 is 4.90 Å². The van der Waals surface area contributed by atoms with Crippen LogP contribution in [0.25, 0.3) is 5.65 Å². The van der Waals surface area contributed by atoms with E-state index in [1.54, 1.807) is 0 Å². The number of fused-ring (bicyclic) bond motifs is 3. The Morgan fingerprint density at radius 3 is 2.43 bits per heavy atom. The van der Waals surface area contributed by atoms with Crippen LogP contribution in [0.1, 0.15) is 89.7 Å². The number of amides is 1. The van der Waals surface area contributed by atoms with E-state index in [0.29, 0.717) is 5.91 Å². The molecule has 2 aliphatic rings. The highest BCUT2D eigenvalue weighted by molar-refractivity contribution is 5.79. The average Bonchev–Trinajstić information content (AvgIpc) is 3.23. The van der Waals surface area contributed by atoms with Crippen LogP contribution in [0.2, 0.25) is 0 Å². The van der Waals surface area contributed by atoms with Crippen LogP contribution in [0.3, 0.4) is 0 Å². The molecule has 0 saturated heterocycles. The maximum Gasteiger partial charge on any atom is 0.225 e. The van der Waals surface area contributed by atoms with E-state index < -0.39 is 0 Å². The van der Waals surface area contributed by atoms with Crippen LogP contribution in [0, 0.1) is 23.7 Å². The van der Waals surface area contributed by atoms with Gasteiger partial charge in [-0.25, -0.2) is 9.50 Å². The Bertz CT molecular complexity index is 1280. The summed E-state index contributed by atoms with van der Waals surface area (Å²) in [7, 11) is 2.01. The number of nitrogens with zero attached hydrogens (tertiary/aromatic N) is 5. The molecule has 37 heavy (non-hydrogen) atoms. The Labute approximate surface area is 222 Å². The second kappa shape index (κ2) is 9.45. The minimum absolute atomic E-state index is 0.0226. The molecule has 1 aromatic carbocycles. The molecule has 198 valence electrons. The summed E-state index contributed by atoms with van der Waals surface area (Å²) in [5.41, 5.74) is 6.59. The molecule has 3 aromatic rings. The summed E-state index contributed by atoms with van der Waals surface area (Å²) in [6.07, 6.45) is 8.62. The molecular formula is C31H43N5O. The first kappa shape index (κ1) is 25.7. The Morgan fingerprint density at radius 2 is 1.78 bits per heavy atom. The van der Waals surface area contributed by atoms with Crippen molar-refractivity contribution in [1.29, 1.82) is 0 Å². The van der Waals surface area contributed by atoms with Gasteiger partial charge in [0.05, 0.1) is 29.3 Å². The highest BCUT2D eigenvalue weighted by atomic mass is 16.2. The van der Waals surface area contributed by atoms with Crippen molar-refractivity contribution in [2.24, 2.45) is 16.7 Å². The highest BCUT2D eigenvalue weighted by Gasteiger charge is 2.37. The minimum atomic E-state index is -0.0756. The van der Waals surface area contributed by atoms with Gasteiger partial charge in [0.2, 0.25) is 5.91 Å². The first-order chi connectivity index (χ1) is 17.4. The number of carbonyl (C=O) groups excluding carboxylic acids is 1. The fourth-order valence-corrected chi connectivity index (χ4v) is 6.64. The molecule has 0 unspecified atom stereocenters. The van der Waals surface area contributed by atoms with Crippen LogP contribution in [0.4, 0.5) is 11.4 Å². The normalized spacial score (nSPS) is 19.1. The van der Waals surface area contributed by atoms with Gasteiger partial charge in [-0.05, 0) is 54.7 Å². The van der Waals surface area contributed by atoms with Gasteiger partial charge in [0, 0.05) is 31.3 Å². The van der Waals surface area contributed by atoms with Gasteiger partial charge in [0.15, 0.2) is 5.65 Å². The summed E-state index contributed by atoms with van der Waals surface area (Å²) >= 11 is 0. The van der Waals surface area contributed by atoms with Gasteiger partial charge >= 0.3 is 0 Å². The first-order valence-electron chi connectivity index (χ1n) is 13.9. The highest BCUT2D eigenvalue weighted by Crippen LogP contribution is 2.43. The number of rotatable bonds is 4. The maximum atomic E-state index is 13.5. The molecule has 1 amide bonds. The molecule has 5 rings (SSSR count). The van der Waals surface area contributed by atoms with E-state index in [-0.39, 0.29) is 22.8 Å². The third kappa shape index (κ3) is 4.99. The Hall–Kier alpha value is -2.89. The largest absolute Gasteiger partial charge is 0.338 e. The Balaban J connectivity index is 1.47. The molecular weight excluding hydrogens is 458 g/mol. The number of hydrogen-bond donors (Lipinski definition) is 0. The van der Waals surface area contributed by atoms with Crippen molar-refractivity contribution in [3.05, 3.63) is 53.5 Å². The standard InChI is InChI=1S/C31H43N5O/c1-21-17-27-32-19-26-25(36(27)33-21)18-31(5,6)20-35(26)24-15-13-22(14-16-24)28(30(2,3)4)34(7)29(37)23-11-9-8-10-12-23/h13-17,19,23,28H,8-12,18,20H2,1-7H3/t28-/m0/s1. The predicted molar refractivity (Wildman–Crippen MR) is 150 cm³/mol. The van der Waals surface area contributed by atoms with E-state index in [1.807, 2.05) is 35.6 Å². The van der Waals surface area contributed by atoms with E-state index in [1.165, 1.54) is 30.5 Å². The molecule has 0 N–H and O–H groups in total. The molecule has 0 spiro atoms. The van der Waals surface area contributed by atoms with Crippen molar-refractivity contribution in [3.63, 3.8) is 0 Å². The lowest BCUT2D eigenvalue weighted by atomic mass is 9.80. The van der Waals surface area contributed by atoms with Crippen molar-refractivity contribution in [3.8, 4) is 0 Å². The van der Waals surface area contributed by atoms with Crippen molar-refractivity contribution < 1.29 is 4.79 Å². The quantitative estimate of drug-likeness (QED) is 0.391. The number of anilines is 2. The fraction of sp³-hybridized carbons (Fsp3) is 0.581. The Morgan fingerprint density at radius 1 is 1.11 bits per heavy atom. The zero-order valence-corrected chi connectivity index (χ0v) is 23.7. The van der Waals surface area contributed by atoms with Crippen LogP contribution >= 0.6 is 0 Å². The number of benzene rings is 1. The second-order valence-corrected chi connectivity index (χ2v) is 13.2. The minimum Gasteiger partial charge on any atom is -0.338 e. The number of aromatic nitrogens is 3. The van der Waals surface area contributed by atoms with Gasteiger partial charge in [-0.3, -0.25) is 4.79 Å². The van der Waals surface area contributed by atoms with Gasteiger partial charge in [-0.1, -0.05) is 66.0 Å². The molecule has 1 saturated carbocycles. The summed E-state index contributed by atoms with van der Waals surface area (Å²) in [6.45, 7) is 14.3. The molecule has 6 nitrogen and oxygen atoms in total.